The molecule has 0 aliphatic carbocycles. The number of ether oxygens (including phenoxy) is 2. The molecule has 1 amide bonds. The Hall–Kier alpha value is -4.92. The highest BCUT2D eigenvalue weighted by Crippen LogP contribution is 2.31. The Labute approximate surface area is 269 Å². The van der Waals surface area contributed by atoms with E-state index in [0.29, 0.717) is 42.8 Å². The van der Waals surface area contributed by atoms with E-state index < -0.39 is 6.04 Å². The Morgan fingerprint density at radius 1 is 1.00 bits per heavy atom. The van der Waals surface area contributed by atoms with Crippen molar-refractivity contribution in [3.63, 3.8) is 0 Å². The van der Waals surface area contributed by atoms with Crippen molar-refractivity contribution >= 4 is 40.6 Å². The molecule has 1 aliphatic rings. The highest BCUT2D eigenvalue weighted by molar-refractivity contribution is 7.07. The molecule has 45 heavy (non-hydrogen) atoms. The van der Waals surface area contributed by atoms with Gasteiger partial charge < -0.3 is 14.8 Å². The molecule has 1 aliphatic heterocycles. The average Bonchev–Trinajstić information content (AvgIpc) is 3.34. The molecule has 1 aromatic heterocycles. The molecule has 5 aromatic rings. The largest absolute Gasteiger partial charge is 0.496 e. The van der Waals surface area contributed by atoms with Crippen LogP contribution in [-0.2, 0) is 11.4 Å². The number of methoxy groups -OCH3 is 1. The number of carbonyl (C=O) groups excluding carboxylic acids is 1. The second-order valence-corrected chi connectivity index (χ2v) is 12.0. The Kier molecular flexibility index (Phi) is 8.69. The van der Waals surface area contributed by atoms with Gasteiger partial charge in [-0.3, -0.25) is 14.2 Å². The number of hydrogen-bond donors (Lipinski definition) is 1. The van der Waals surface area contributed by atoms with Gasteiger partial charge in [-0.1, -0.05) is 83.6 Å². The lowest BCUT2D eigenvalue weighted by Crippen LogP contribution is -2.40. The number of halogens is 1. The van der Waals surface area contributed by atoms with Gasteiger partial charge in [0, 0.05) is 16.3 Å². The summed E-state index contributed by atoms with van der Waals surface area (Å²) in [4.78, 5) is 33.2. The summed E-state index contributed by atoms with van der Waals surface area (Å²) in [5.74, 6) is 1.01. The molecule has 0 spiro atoms. The standard InChI is InChI=1S/C36H30ClN3O4S/c1-22-10-7-8-15-29(22)39-34(41)32-23(2)38-36-40(33(32)25-11-5-4-6-12-25)35(42)31(45-36)19-24-16-17-30(43-3)26(18-24)21-44-28-14-9-13-27(37)20-28/h4-20,33H,21H2,1-3H3,(H,39,41)/b31-19+/t33-/m1/s1. The zero-order chi connectivity index (χ0) is 31.5. The van der Waals surface area contributed by atoms with Gasteiger partial charge in [0.1, 0.15) is 18.1 Å². The Bertz CT molecular complexity index is 2120. The van der Waals surface area contributed by atoms with Gasteiger partial charge in [-0.2, -0.15) is 0 Å². The molecular formula is C36H30ClN3O4S. The minimum atomic E-state index is -0.647. The van der Waals surface area contributed by atoms with Crippen LogP contribution in [0.25, 0.3) is 6.08 Å². The fourth-order valence-corrected chi connectivity index (χ4v) is 6.56. The van der Waals surface area contributed by atoms with Crippen LogP contribution in [0.5, 0.6) is 11.5 Å². The number of thiazole rings is 1. The van der Waals surface area contributed by atoms with Crippen molar-refractivity contribution in [2.75, 3.05) is 12.4 Å². The van der Waals surface area contributed by atoms with Gasteiger partial charge >= 0.3 is 0 Å². The van der Waals surface area contributed by atoms with Gasteiger partial charge in [0.2, 0.25) is 0 Å². The topological polar surface area (TPSA) is 81.9 Å². The first kappa shape index (κ1) is 30.1. The molecule has 6 rings (SSSR count). The molecule has 226 valence electrons. The van der Waals surface area contributed by atoms with Gasteiger partial charge in [-0.25, -0.2) is 4.99 Å². The summed E-state index contributed by atoms with van der Waals surface area (Å²) >= 11 is 7.40. The number of nitrogens with zero attached hydrogens (tertiary/aromatic N) is 2. The minimum Gasteiger partial charge on any atom is -0.496 e. The number of anilines is 1. The van der Waals surface area contributed by atoms with Crippen LogP contribution in [0.4, 0.5) is 5.69 Å². The molecule has 9 heteroatoms. The summed E-state index contributed by atoms with van der Waals surface area (Å²) in [6, 6.07) is 29.4. The summed E-state index contributed by atoms with van der Waals surface area (Å²) in [7, 11) is 1.61. The Morgan fingerprint density at radius 3 is 2.53 bits per heavy atom. The fraction of sp³-hybridized carbons (Fsp3) is 0.139. The van der Waals surface area contributed by atoms with E-state index in [1.54, 1.807) is 23.8 Å². The number of benzene rings is 4. The van der Waals surface area contributed by atoms with Gasteiger partial charge in [-0.15, -0.1) is 0 Å². The van der Waals surface area contributed by atoms with E-state index in [4.69, 9.17) is 26.1 Å². The Morgan fingerprint density at radius 2 is 1.78 bits per heavy atom. The first-order valence-electron chi connectivity index (χ1n) is 14.3. The summed E-state index contributed by atoms with van der Waals surface area (Å²) in [5.41, 5.74) is 4.84. The second kappa shape index (κ2) is 13.0. The number of fused-ring (bicyclic) bond motifs is 1. The molecule has 2 heterocycles. The molecule has 0 bridgehead atoms. The molecule has 0 saturated carbocycles. The second-order valence-electron chi connectivity index (χ2n) is 10.6. The monoisotopic (exact) mass is 635 g/mol. The van der Waals surface area contributed by atoms with Crippen LogP contribution in [0.1, 0.15) is 35.2 Å². The predicted octanol–water partition coefficient (Wildman–Crippen LogP) is 6.42. The van der Waals surface area contributed by atoms with Gasteiger partial charge in [0.05, 0.1) is 29.0 Å². The third kappa shape index (κ3) is 6.34. The van der Waals surface area contributed by atoms with Crippen molar-refractivity contribution in [2.24, 2.45) is 4.99 Å². The average molecular weight is 636 g/mol. The number of aryl methyl sites for hydroxylation is 1. The van der Waals surface area contributed by atoms with Crippen molar-refractivity contribution in [3.05, 3.63) is 155 Å². The highest BCUT2D eigenvalue weighted by atomic mass is 35.5. The van der Waals surface area contributed by atoms with Gasteiger partial charge in [0.15, 0.2) is 4.80 Å². The molecule has 0 fully saturated rings. The van der Waals surface area contributed by atoms with Crippen molar-refractivity contribution in [1.82, 2.24) is 4.57 Å². The first-order valence-corrected chi connectivity index (χ1v) is 15.5. The van der Waals surface area contributed by atoms with Gasteiger partial charge in [0.25, 0.3) is 11.5 Å². The Balaban J connectivity index is 1.40. The van der Waals surface area contributed by atoms with E-state index in [0.717, 1.165) is 22.3 Å². The number of hydrogen-bond acceptors (Lipinski definition) is 6. The lowest BCUT2D eigenvalue weighted by atomic mass is 9.95. The number of allylic oxidation sites excluding steroid dienone is 1. The zero-order valence-electron chi connectivity index (χ0n) is 24.9. The first-order chi connectivity index (χ1) is 21.8. The van der Waals surface area contributed by atoms with Crippen LogP contribution in [0.15, 0.2) is 118 Å². The smallest absolute Gasteiger partial charge is 0.271 e. The van der Waals surface area contributed by atoms with E-state index in [9.17, 15) is 9.59 Å². The fourth-order valence-electron chi connectivity index (χ4n) is 5.34. The highest BCUT2D eigenvalue weighted by Gasteiger charge is 2.32. The maximum atomic E-state index is 14.1. The van der Waals surface area contributed by atoms with Crippen LogP contribution in [0.2, 0.25) is 5.02 Å². The van der Waals surface area contributed by atoms with Crippen molar-refractivity contribution in [2.45, 2.75) is 26.5 Å². The maximum Gasteiger partial charge on any atom is 0.271 e. The third-order valence-electron chi connectivity index (χ3n) is 7.57. The number of amides is 1. The van der Waals surface area contributed by atoms with Gasteiger partial charge in [-0.05, 0) is 73.0 Å². The van der Waals surface area contributed by atoms with Crippen molar-refractivity contribution < 1.29 is 14.3 Å². The normalized spacial score (nSPS) is 14.5. The molecule has 0 radical (unpaired) electrons. The van der Waals surface area contributed by atoms with E-state index in [-0.39, 0.29) is 18.1 Å². The van der Waals surface area contributed by atoms with Crippen molar-refractivity contribution in [1.29, 1.82) is 0 Å². The minimum absolute atomic E-state index is 0.228. The summed E-state index contributed by atoms with van der Waals surface area (Å²) in [5, 5.41) is 3.63. The summed E-state index contributed by atoms with van der Waals surface area (Å²) in [6.07, 6.45) is 1.83. The summed E-state index contributed by atoms with van der Waals surface area (Å²) < 4.78 is 13.7. The number of para-hydroxylation sites is 1. The summed E-state index contributed by atoms with van der Waals surface area (Å²) in [6.45, 7) is 4.00. The lowest BCUT2D eigenvalue weighted by Gasteiger charge is -2.25. The van der Waals surface area contributed by atoms with E-state index in [1.807, 2.05) is 105 Å². The van der Waals surface area contributed by atoms with E-state index >= 15 is 0 Å². The molecule has 0 unspecified atom stereocenters. The van der Waals surface area contributed by atoms with Crippen LogP contribution < -0.4 is 29.7 Å². The van der Waals surface area contributed by atoms with Crippen LogP contribution in [0.3, 0.4) is 0 Å². The predicted molar refractivity (Wildman–Crippen MR) is 179 cm³/mol. The van der Waals surface area contributed by atoms with Crippen LogP contribution >= 0.6 is 22.9 Å². The molecule has 1 atom stereocenters. The van der Waals surface area contributed by atoms with E-state index in [1.165, 1.54) is 11.3 Å². The number of rotatable bonds is 8. The number of aromatic nitrogens is 1. The van der Waals surface area contributed by atoms with Crippen LogP contribution in [0, 0.1) is 6.92 Å². The molecule has 7 nitrogen and oxygen atoms in total. The molecule has 0 saturated heterocycles. The van der Waals surface area contributed by atoms with Crippen LogP contribution in [-0.4, -0.2) is 17.6 Å². The maximum absolute atomic E-state index is 14.1. The quantitative estimate of drug-likeness (QED) is 0.213. The zero-order valence-corrected chi connectivity index (χ0v) is 26.5. The van der Waals surface area contributed by atoms with E-state index in [2.05, 4.69) is 5.32 Å². The third-order valence-corrected chi connectivity index (χ3v) is 8.79. The number of nitrogens with one attached hydrogen (secondary N) is 1. The molecular weight excluding hydrogens is 606 g/mol. The van der Waals surface area contributed by atoms with Crippen molar-refractivity contribution in [3.8, 4) is 11.5 Å². The molecule has 1 N–H and O–H groups in total. The number of carbonyl (C=O) groups is 1. The SMILES string of the molecule is COc1ccc(/C=c2/sc3n(c2=O)[C@H](c2ccccc2)C(C(=O)Nc2ccccc2C)=C(C)N=3)cc1COc1cccc(Cl)c1. The molecule has 4 aromatic carbocycles. The lowest BCUT2D eigenvalue weighted by molar-refractivity contribution is -0.113.